The van der Waals surface area contributed by atoms with Crippen molar-refractivity contribution in [1.82, 2.24) is 4.98 Å². The third-order valence-corrected chi connectivity index (χ3v) is 4.57. The Morgan fingerprint density at radius 2 is 1.92 bits per heavy atom. The van der Waals surface area contributed by atoms with Gasteiger partial charge in [0, 0.05) is 34.8 Å². The topological polar surface area (TPSA) is 62.0 Å². The zero-order valence-corrected chi connectivity index (χ0v) is 14.2. The van der Waals surface area contributed by atoms with Crippen LogP contribution >= 0.6 is 0 Å². The second-order valence-electron chi connectivity index (χ2n) is 6.47. The van der Waals surface area contributed by atoms with Crippen LogP contribution in [0.25, 0.3) is 17.0 Å². The van der Waals surface area contributed by atoms with Crippen molar-refractivity contribution in [2.45, 2.75) is 19.8 Å². The number of aromatic amines is 1. The van der Waals surface area contributed by atoms with Crippen LogP contribution < -0.4 is 5.32 Å². The molecule has 2 N–H and O–H groups in total. The highest BCUT2D eigenvalue weighted by molar-refractivity contribution is 6.19. The molecule has 0 bridgehead atoms. The molecular formula is C21H17FN2O2. The number of carbonyl (C=O) groups excluding carboxylic acids is 2. The minimum Gasteiger partial charge on any atom is -0.358 e. The lowest BCUT2D eigenvalue weighted by molar-refractivity contribution is -0.114. The highest BCUT2D eigenvalue weighted by atomic mass is 19.1. The third-order valence-electron chi connectivity index (χ3n) is 4.57. The average molecular weight is 348 g/mol. The summed E-state index contributed by atoms with van der Waals surface area (Å²) in [5.74, 6) is -0.538. The number of aryl methyl sites for hydroxylation is 1. The number of H-pyrrole nitrogens is 1. The van der Waals surface area contributed by atoms with E-state index in [4.69, 9.17) is 0 Å². The number of rotatable bonds is 2. The second kappa shape index (κ2) is 6.26. The Kier molecular flexibility index (Phi) is 3.92. The van der Waals surface area contributed by atoms with E-state index >= 15 is 0 Å². The Morgan fingerprint density at radius 3 is 2.65 bits per heavy atom. The van der Waals surface area contributed by atoms with Crippen LogP contribution in [0.5, 0.6) is 0 Å². The lowest BCUT2D eigenvalue weighted by Gasteiger charge is -2.14. The van der Waals surface area contributed by atoms with Crippen LogP contribution in [0, 0.1) is 5.82 Å². The zero-order valence-electron chi connectivity index (χ0n) is 14.2. The molecular weight excluding hydrogens is 331 g/mol. The molecule has 0 fully saturated rings. The molecule has 5 heteroatoms. The van der Waals surface area contributed by atoms with E-state index in [0.29, 0.717) is 35.1 Å². The zero-order chi connectivity index (χ0) is 18.3. The number of Topliss-reactive ketones (excluding diaryl/α,β-unsaturated/α-hetero) is 1. The van der Waals surface area contributed by atoms with Crippen molar-refractivity contribution >= 4 is 34.4 Å². The summed E-state index contributed by atoms with van der Waals surface area (Å²) in [6.07, 6.45) is 3.21. The van der Waals surface area contributed by atoms with E-state index in [1.165, 1.54) is 19.1 Å². The fourth-order valence-electron chi connectivity index (χ4n) is 3.41. The highest BCUT2D eigenvalue weighted by Gasteiger charge is 2.26. The molecule has 1 aromatic heterocycles. The summed E-state index contributed by atoms with van der Waals surface area (Å²) >= 11 is 0. The number of halogens is 1. The van der Waals surface area contributed by atoms with E-state index in [1.54, 1.807) is 18.2 Å². The first-order valence-corrected chi connectivity index (χ1v) is 8.44. The van der Waals surface area contributed by atoms with E-state index < -0.39 is 0 Å². The molecule has 1 aliphatic carbocycles. The maximum absolute atomic E-state index is 13.6. The summed E-state index contributed by atoms with van der Waals surface area (Å²) in [5, 5.41) is 3.35. The molecule has 0 atom stereocenters. The smallest absolute Gasteiger partial charge is 0.221 e. The van der Waals surface area contributed by atoms with E-state index in [1.807, 2.05) is 18.2 Å². The van der Waals surface area contributed by atoms with Gasteiger partial charge in [-0.1, -0.05) is 12.1 Å². The van der Waals surface area contributed by atoms with E-state index in [0.717, 1.165) is 16.8 Å². The fraction of sp³-hybridized carbons (Fsp3) is 0.143. The third kappa shape index (κ3) is 2.92. The summed E-state index contributed by atoms with van der Waals surface area (Å²) in [6, 6.07) is 11.8. The van der Waals surface area contributed by atoms with Crippen molar-refractivity contribution in [1.29, 1.82) is 0 Å². The summed E-state index contributed by atoms with van der Waals surface area (Å²) < 4.78 is 13.6. The Hall–Kier alpha value is -3.21. The van der Waals surface area contributed by atoms with Crippen molar-refractivity contribution in [2.75, 3.05) is 5.32 Å². The summed E-state index contributed by atoms with van der Waals surface area (Å²) in [7, 11) is 0. The van der Waals surface area contributed by atoms with E-state index in [-0.39, 0.29) is 17.5 Å². The lowest BCUT2D eigenvalue weighted by Crippen LogP contribution is -2.13. The highest BCUT2D eigenvalue weighted by Crippen LogP contribution is 2.32. The minimum absolute atomic E-state index is 0.0611. The van der Waals surface area contributed by atoms with E-state index in [9.17, 15) is 14.0 Å². The number of anilines is 1. The number of nitrogens with one attached hydrogen (secondary N) is 2. The van der Waals surface area contributed by atoms with Gasteiger partial charge in [-0.05, 0) is 54.8 Å². The molecule has 26 heavy (non-hydrogen) atoms. The summed E-state index contributed by atoms with van der Waals surface area (Å²) in [6.45, 7) is 1.46. The standard InChI is InChI=1S/C21H17FN2O2/c1-12(25)23-16-6-2-13(3-7-16)10-14-4-8-19-20(21(14)26)17-11-15(22)5-9-18(17)24-19/h2-3,5-7,9-11,24H,4,8H2,1H3,(H,23,25)/b14-10+. The van der Waals surface area contributed by atoms with Gasteiger partial charge in [-0.25, -0.2) is 4.39 Å². The molecule has 4 nitrogen and oxygen atoms in total. The number of fused-ring (bicyclic) bond motifs is 3. The van der Waals surface area contributed by atoms with Crippen molar-refractivity contribution in [3.8, 4) is 0 Å². The number of carbonyl (C=O) groups is 2. The van der Waals surface area contributed by atoms with Crippen LogP contribution in [0.1, 0.15) is 35.0 Å². The number of allylic oxidation sites excluding steroid dienone is 1. The predicted octanol–water partition coefficient (Wildman–Crippen LogP) is 4.48. The van der Waals surface area contributed by atoms with Gasteiger partial charge in [0.15, 0.2) is 5.78 Å². The largest absolute Gasteiger partial charge is 0.358 e. The molecule has 1 aliphatic rings. The molecule has 0 saturated carbocycles. The van der Waals surface area contributed by atoms with Gasteiger partial charge in [0.05, 0.1) is 5.56 Å². The molecule has 0 unspecified atom stereocenters. The molecule has 1 heterocycles. The number of hydrogen-bond donors (Lipinski definition) is 2. The van der Waals surface area contributed by atoms with Gasteiger partial charge < -0.3 is 10.3 Å². The van der Waals surface area contributed by atoms with Gasteiger partial charge >= 0.3 is 0 Å². The van der Waals surface area contributed by atoms with Crippen molar-refractivity contribution in [2.24, 2.45) is 0 Å². The van der Waals surface area contributed by atoms with Crippen LogP contribution in [0.4, 0.5) is 10.1 Å². The maximum atomic E-state index is 13.6. The van der Waals surface area contributed by atoms with Crippen LogP contribution in [-0.4, -0.2) is 16.7 Å². The summed E-state index contributed by atoms with van der Waals surface area (Å²) in [4.78, 5) is 27.3. The van der Waals surface area contributed by atoms with Crippen molar-refractivity contribution < 1.29 is 14.0 Å². The maximum Gasteiger partial charge on any atom is 0.221 e. The van der Waals surface area contributed by atoms with Crippen molar-refractivity contribution in [3.05, 3.63) is 70.7 Å². The van der Waals surface area contributed by atoms with Crippen LogP contribution in [-0.2, 0) is 11.2 Å². The van der Waals surface area contributed by atoms with Crippen LogP contribution in [0.15, 0.2) is 48.0 Å². The second-order valence-corrected chi connectivity index (χ2v) is 6.47. The Balaban J connectivity index is 1.68. The van der Waals surface area contributed by atoms with Crippen LogP contribution in [0.2, 0.25) is 0 Å². The molecule has 3 aromatic rings. The van der Waals surface area contributed by atoms with Crippen LogP contribution in [0.3, 0.4) is 0 Å². The van der Waals surface area contributed by atoms with Crippen molar-refractivity contribution in [3.63, 3.8) is 0 Å². The first-order valence-electron chi connectivity index (χ1n) is 8.44. The minimum atomic E-state index is -0.350. The number of ketones is 1. The Morgan fingerprint density at radius 1 is 1.15 bits per heavy atom. The Bertz CT molecular complexity index is 1060. The number of aromatic nitrogens is 1. The fourth-order valence-corrected chi connectivity index (χ4v) is 3.41. The van der Waals surface area contributed by atoms with Gasteiger partial charge in [-0.15, -0.1) is 0 Å². The molecule has 0 spiro atoms. The molecule has 0 saturated heterocycles. The first kappa shape index (κ1) is 16.3. The predicted molar refractivity (Wildman–Crippen MR) is 99.6 cm³/mol. The van der Waals surface area contributed by atoms with Gasteiger partial charge in [0.1, 0.15) is 5.82 Å². The molecule has 0 aliphatic heterocycles. The monoisotopic (exact) mass is 348 g/mol. The molecule has 4 rings (SSSR count). The summed E-state index contributed by atoms with van der Waals surface area (Å²) in [5.41, 5.74) is 4.53. The molecule has 0 radical (unpaired) electrons. The van der Waals surface area contributed by atoms with E-state index in [2.05, 4.69) is 10.3 Å². The molecule has 130 valence electrons. The number of amides is 1. The SMILES string of the molecule is CC(=O)Nc1ccc(/C=C2\CCc3[nH]c4ccc(F)cc4c3C2=O)cc1. The van der Waals surface area contributed by atoms with Gasteiger partial charge in [0.25, 0.3) is 0 Å². The average Bonchev–Trinajstić information content (AvgIpc) is 2.97. The van der Waals surface area contributed by atoms with Gasteiger partial charge in [-0.3, -0.25) is 9.59 Å². The first-order chi connectivity index (χ1) is 12.5. The lowest BCUT2D eigenvalue weighted by atomic mass is 9.88. The normalized spacial score (nSPS) is 15.3. The van der Waals surface area contributed by atoms with Gasteiger partial charge in [0.2, 0.25) is 5.91 Å². The Labute approximate surface area is 149 Å². The quantitative estimate of drug-likeness (QED) is 0.671. The molecule has 2 aromatic carbocycles. The molecule has 1 amide bonds. The van der Waals surface area contributed by atoms with Gasteiger partial charge in [-0.2, -0.15) is 0 Å². The number of benzene rings is 2. The number of hydrogen-bond acceptors (Lipinski definition) is 2.